The van der Waals surface area contributed by atoms with E-state index in [2.05, 4.69) is 4.99 Å². The Labute approximate surface area is 143 Å². The largest absolute Gasteiger partial charge is 0.476 e. The summed E-state index contributed by atoms with van der Waals surface area (Å²) >= 11 is 1.22. The molecule has 2 aliphatic heterocycles. The van der Waals surface area contributed by atoms with Gasteiger partial charge < -0.3 is 23.7 Å². The molecule has 0 unspecified atom stereocenters. The van der Waals surface area contributed by atoms with E-state index < -0.39 is 47.7 Å². The first kappa shape index (κ1) is 18.5. The summed E-state index contributed by atoms with van der Waals surface area (Å²) in [5, 5.41) is 0.372. The maximum atomic E-state index is 11.5. The van der Waals surface area contributed by atoms with Gasteiger partial charge in [-0.3, -0.25) is 14.4 Å². The zero-order valence-electron chi connectivity index (χ0n) is 13.7. The molecule has 2 aliphatic rings. The van der Waals surface area contributed by atoms with Gasteiger partial charge in [-0.2, -0.15) is 0 Å². The molecular weight excluding hydrogens is 342 g/mol. The van der Waals surface area contributed by atoms with Crippen LogP contribution in [0.25, 0.3) is 0 Å². The molecule has 1 fully saturated rings. The highest BCUT2D eigenvalue weighted by Gasteiger charge is 2.53. The summed E-state index contributed by atoms with van der Waals surface area (Å²) in [6.45, 7) is 3.59. The first-order valence-electron chi connectivity index (χ1n) is 7.23. The van der Waals surface area contributed by atoms with Gasteiger partial charge in [0.25, 0.3) is 0 Å². The molecule has 24 heavy (non-hydrogen) atoms. The van der Waals surface area contributed by atoms with Crippen LogP contribution in [-0.4, -0.2) is 66.6 Å². The van der Waals surface area contributed by atoms with E-state index >= 15 is 0 Å². The Hall–Kier alpha value is -1.81. The number of thioether (sulfide) groups is 1. The van der Waals surface area contributed by atoms with E-state index in [1.165, 1.54) is 39.6 Å². The summed E-state index contributed by atoms with van der Waals surface area (Å²) in [5.41, 5.74) is -0.503. The van der Waals surface area contributed by atoms with Crippen molar-refractivity contribution in [2.75, 3.05) is 13.7 Å². The van der Waals surface area contributed by atoms with Crippen molar-refractivity contribution in [2.24, 2.45) is 4.99 Å². The van der Waals surface area contributed by atoms with Gasteiger partial charge in [0.1, 0.15) is 24.2 Å². The average molecular weight is 361 g/mol. The van der Waals surface area contributed by atoms with Gasteiger partial charge in [0.2, 0.25) is 5.23 Å². The maximum Gasteiger partial charge on any atom is 0.303 e. The molecule has 0 N–H and O–H groups in total. The monoisotopic (exact) mass is 361 g/mol. The fourth-order valence-electron chi connectivity index (χ4n) is 2.47. The summed E-state index contributed by atoms with van der Waals surface area (Å²) in [4.78, 5) is 38.3. The third kappa shape index (κ3) is 4.38. The smallest absolute Gasteiger partial charge is 0.303 e. The van der Waals surface area contributed by atoms with Crippen LogP contribution in [0.2, 0.25) is 0 Å². The number of ether oxygens (including phenoxy) is 5. The van der Waals surface area contributed by atoms with Gasteiger partial charge in [0.15, 0.2) is 12.2 Å². The number of rotatable bonds is 4. The van der Waals surface area contributed by atoms with Crippen LogP contribution < -0.4 is 0 Å². The SMILES string of the molecule is COC1=N[C@@H]2[C@@H](OC(C)=O)[C@H](OC(C)=O)[C@@H](COC(C)=O)O[C@@H]2S1. The zero-order chi connectivity index (χ0) is 17.9. The van der Waals surface area contributed by atoms with Crippen molar-refractivity contribution >= 4 is 34.9 Å². The van der Waals surface area contributed by atoms with Gasteiger partial charge in [-0.05, 0) is 11.8 Å². The Morgan fingerprint density at radius 1 is 1.08 bits per heavy atom. The molecule has 0 aliphatic carbocycles. The number of methoxy groups -OCH3 is 1. The molecular formula is C14H19NO8S. The van der Waals surface area contributed by atoms with Crippen LogP contribution in [-0.2, 0) is 38.1 Å². The number of hydrogen-bond donors (Lipinski definition) is 0. The van der Waals surface area contributed by atoms with Crippen LogP contribution in [0, 0.1) is 0 Å². The van der Waals surface area contributed by atoms with E-state index in [0.29, 0.717) is 5.23 Å². The maximum absolute atomic E-state index is 11.5. The van der Waals surface area contributed by atoms with Gasteiger partial charge >= 0.3 is 17.9 Å². The van der Waals surface area contributed by atoms with Crippen LogP contribution in [0.1, 0.15) is 20.8 Å². The van der Waals surface area contributed by atoms with Crippen molar-refractivity contribution in [1.82, 2.24) is 0 Å². The molecule has 0 aromatic carbocycles. The minimum Gasteiger partial charge on any atom is -0.476 e. The molecule has 0 amide bonds. The Bertz CT molecular complexity index is 551. The lowest BCUT2D eigenvalue weighted by Crippen LogP contribution is -2.59. The third-order valence-electron chi connectivity index (χ3n) is 3.32. The van der Waals surface area contributed by atoms with E-state index in [9.17, 15) is 14.4 Å². The van der Waals surface area contributed by atoms with Crippen LogP contribution in [0.3, 0.4) is 0 Å². The third-order valence-corrected chi connectivity index (χ3v) is 4.41. The van der Waals surface area contributed by atoms with Gasteiger partial charge in [-0.25, -0.2) is 4.99 Å². The average Bonchev–Trinajstić information content (AvgIpc) is 2.89. The second kappa shape index (κ2) is 7.84. The molecule has 0 aromatic rings. The highest BCUT2D eigenvalue weighted by atomic mass is 32.2. The van der Waals surface area contributed by atoms with E-state index in [1.807, 2.05) is 0 Å². The van der Waals surface area contributed by atoms with Crippen LogP contribution >= 0.6 is 11.8 Å². The minimum atomic E-state index is -0.951. The molecule has 0 spiro atoms. The van der Waals surface area contributed by atoms with Gasteiger partial charge in [0.05, 0.1) is 7.11 Å². The van der Waals surface area contributed by atoms with Crippen molar-refractivity contribution < 1.29 is 38.1 Å². The second-order valence-electron chi connectivity index (χ2n) is 5.20. The predicted octanol–water partition coefficient (Wildman–Crippen LogP) is 0.256. The van der Waals surface area contributed by atoms with Crippen molar-refractivity contribution in [2.45, 2.75) is 50.6 Å². The highest BCUT2D eigenvalue weighted by Crippen LogP contribution is 2.39. The first-order chi connectivity index (χ1) is 11.3. The molecule has 1 saturated heterocycles. The Morgan fingerprint density at radius 2 is 1.71 bits per heavy atom. The predicted molar refractivity (Wildman–Crippen MR) is 82.2 cm³/mol. The second-order valence-corrected chi connectivity index (χ2v) is 6.25. The van der Waals surface area contributed by atoms with Crippen LogP contribution in [0.15, 0.2) is 4.99 Å². The molecule has 0 bridgehead atoms. The molecule has 5 atom stereocenters. The number of carbonyl (C=O) groups is 3. The molecule has 2 heterocycles. The van der Waals surface area contributed by atoms with E-state index in [0.717, 1.165) is 0 Å². The molecule has 10 heteroatoms. The van der Waals surface area contributed by atoms with Crippen molar-refractivity contribution in [3.05, 3.63) is 0 Å². The van der Waals surface area contributed by atoms with Crippen LogP contribution in [0.4, 0.5) is 0 Å². The Kier molecular flexibility index (Phi) is 6.05. The van der Waals surface area contributed by atoms with E-state index in [-0.39, 0.29) is 6.61 Å². The summed E-state index contributed by atoms with van der Waals surface area (Å²) < 4.78 is 26.5. The molecule has 0 radical (unpaired) electrons. The van der Waals surface area contributed by atoms with Crippen molar-refractivity contribution in [1.29, 1.82) is 0 Å². The highest BCUT2D eigenvalue weighted by molar-refractivity contribution is 8.14. The van der Waals surface area contributed by atoms with Gasteiger partial charge in [0, 0.05) is 20.8 Å². The first-order valence-corrected chi connectivity index (χ1v) is 8.11. The number of aliphatic imine (C=N–C) groups is 1. The topological polar surface area (TPSA) is 110 Å². The summed E-state index contributed by atoms with van der Waals surface area (Å²) in [6.07, 6.45) is -2.61. The lowest BCUT2D eigenvalue weighted by Gasteiger charge is -2.41. The number of hydrogen-bond acceptors (Lipinski definition) is 10. The molecule has 9 nitrogen and oxygen atoms in total. The summed E-state index contributed by atoms with van der Waals surface area (Å²) in [7, 11) is 1.46. The Balaban J connectivity index is 2.27. The number of esters is 3. The lowest BCUT2D eigenvalue weighted by atomic mass is 9.98. The lowest BCUT2D eigenvalue weighted by molar-refractivity contribution is -0.208. The van der Waals surface area contributed by atoms with Crippen molar-refractivity contribution in [3.63, 3.8) is 0 Å². The minimum absolute atomic E-state index is 0.142. The zero-order valence-corrected chi connectivity index (χ0v) is 14.5. The van der Waals surface area contributed by atoms with Crippen molar-refractivity contribution in [3.8, 4) is 0 Å². The molecule has 134 valence electrons. The Morgan fingerprint density at radius 3 is 2.25 bits per heavy atom. The number of fused-ring (bicyclic) bond motifs is 1. The van der Waals surface area contributed by atoms with Gasteiger partial charge in [-0.1, -0.05) is 0 Å². The fourth-order valence-corrected chi connectivity index (χ4v) is 3.50. The van der Waals surface area contributed by atoms with Crippen LogP contribution in [0.5, 0.6) is 0 Å². The summed E-state index contributed by atoms with van der Waals surface area (Å²) in [6, 6.07) is -0.591. The fraction of sp³-hybridized carbons (Fsp3) is 0.714. The quantitative estimate of drug-likeness (QED) is 0.514. The van der Waals surface area contributed by atoms with E-state index in [1.54, 1.807) is 0 Å². The standard InChI is InChI=1S/C14H19NO8S/c1-6(16)20-5-9-11(21-7(2)17)12(22-8(3)18)10-13(23-9)24-14(15-10)19-4/h9-13H,5H2,1-4H3/t9-,10-,11-,12-,13-/m1/s1. The normalized spacial score (nSPS) is 31.5. The molecule has 0 saturated carbocycles. The van der Waals surface area contributed by atoms with Gasteiger partial charge in [-0.15, -0.1) is 0 Å². The number of nitrogens with zero attached hydrogens (tertiary/aromatic N) is 1. The van der Waals surface area contributed by atoms with E-state index in [4.69, 9.17) is 23.7 Å². The number of carbonyl (C=O) groups excluding carboxylic acids is 3. The molecule has 2 rings (SSSR count). The molecule has 0 aromatic heterocycles. The summed E-state index contributed by atoms with van der Waals surface area (Å²) in [5.74, 6) is -1.62.